The average molecular weight is 349 g/mol. The van der Waals surface area contributed by atoms with Crippen LogP contribution in [0.2, 0.25) is 0 Å². The summed E-state index contributed by atoms with van der Waals surface area (Å²) in [4.78, 5) is 34.8. The van der Waals surface area contributed by atoms with Crippen LogP contribution in [-0.2, 0) is 27.4 Å². The van der Waals surface area contributed by atoms with Crippen molar-refractivity contribution in [3.63, 3.8) is 0 Å². The van der Waals surface area contributed by atoms with Gasteiger partial charge in [0.15, 0.2) is 0 Å². The quantitative estimate of drug-likeness (QED) is 0.618. The number of nitrogens with zero attached hydrogens (tertiary/aromatic N) is 2. The first-order valence-corrected chi connectivity index (χ1v) is 8.29. The minimum Gasteiger partial charge on any atom is -0.480 e. The van der Waals surface area contributed by atoms with Crippen molar-refractivity contribution < 1.29 is 19.4 Å². The Morgan fingerprint density at radius 3 is 2.40 bits per heavy atom. The van der Waals surface area contributed by atoms with Crippen LogP contribution in [0.25, 0.3) is 11.0 Å². The van der Waals surface area contributed by atoms with Crippen LogP contribution < -0.4 is 11.0 Å². The van der Waals surface area contributed by atoms with Gasteiger partial charge in [0.1, 0.15) is 6.61 Å². The van der Waals surface area contributed by atoms with E-state index in [4.69, 9.17) is 9.84 Å². The van der Waals surface area contributed by atoms with E-state index in [-0.39, 0.29) is 44.3 Å². The summed E-state index contributed by atoms with van der Waals surface area (Å²) in [5, 5.41) is 11.1. The van der Waals surface area contributed by atoms with E-state index in [1.54, 1.807) is 9.13 Å². The van der Waals surface area contributed by atoms with Crippen molar-refractivity contribution in [1.82, 2.24) is 14.5 Å². The van der Waals surface area contributed by atoms with Crippen LogP contribution in [0.15, 0.2) is 29.1 Å². The molecule has 0 fully saturated rings. The van der Waals surface area contributed by atoms with E-state index in [1.165, 1.54) is 0 Å². The molecule has 0 aliphatic rings. The predicted molar refractivity (Wildman–Crippen MR) is 92.6 cm³/mol. The van der Waals surface area contributed by atoms with Crippen molar-refractivity contribution in [3.05, 3.63) is 34.7 Å². The number of hydrogen-bond donors (Lipinski definition) is 2. The summed E-state index contributed by atoms with van der Waals surface area (Å²) in [6.45, 7) is 2.92. The van der Waals surface area contributed by atoms with E-state index in [0.29, 0.717) is 6.54 Å². The van der Waals surface area contributed by atoms with Crippen molar-refractivity contribution in [3.8, 4) is 0 Å². The number of benzene rings is 1. The van der Waals surface area contributed by atoms with E-state index in [2.05, 4.69) is 5.32 Å². The maximum atomic E-state index is 12.6. The van der Waals surface area contributed by atoms with Gasteiger partial charge in [-0.3, -0.25) is 13.9 Å². The van der Waals surface area contributed by atoms with Crippen LogP contribution in [0.3, 0.4) is 0 Å². The summed E-state index contributed by atoms with van der Waals surface area (Å²) < 4.78 is 8.19. The Balaban J connectivity index is 1.94. The number of carbonyl (C=O) groups is 2. The van der Waals surface area contributed by atoms with Crippen molar-refractivity contribution >= 4 is 22.9 Å². The fourth-order valence-electron chi connectivity index (χ4n) is 2.65. The lowest BCUT2D eigenvalue weighted by molar-refractivity contribution is -0.142. The molecule has 0 spiro atoms. The number of hydrogen-bond acceptors (Lipinski definition) is 4. The van der Waals surface area contributed by atoms with E-state index < -0.39 is 5.97 Å². The lowest BCUT2D eigenvalue weighted by Gasteiger charge is -2.06. The Kier molecular flexibility index (Phi) is 6.76. The number of imidazole rings is 1. The molecule has 0 aliphatic carbocycles. The lowest BCUT2D eigenvalue weighted by atomic mass is 10.3. The Hall–Kier alpha value is -2.61. The fourth-order valence-corrected chi connectivity index (χ4v) is 2.65. The van der Waals surface area contributed by atoms with Crippen molar-refractivity contribution in [2.45, 2.75) is 32.9 Å². The van der Waals surface area contributed by atoms with Crippen molar-refractivity contribution in [1.29, 1.82) is 0 Å². The molecule has 2 rings (SSSR count). The number of aromatic nitrogens is 2. The lowest BCUT2D eigenvalue weighted by Crippen LogP contribution is -2.30. The Morgan fingerprint density at radius 1 is 1.16 bits per heavy atom. The topological polar surface area (TPSA) is 103 Å². The van der Waals surface area contributed by atoms with Gasteiger partial charge < -0.3 is 15.2 Å². The van der Waals surface area contributed by atoms with Crippen LogP contribution in [-0.4, -0.2) is 45.9 Å². The number of carboxylic acids is 1. The van der Waals surface area contributed by atoms with Crippen LogP contribution in [0.1, 0.15) is 19.8 Å². The molecule has 1 heterocycles. The van der Waals surface area contributed by atoms with Crippen LogP contribution in [0.5, 0.6) is 0 Å². The van der Waals surface area contributed by atoms with E-state index >= 15 is 0 Å². The van der Waals surface area contributed by atoms with Gasteiger partial charge in [0.25, 0.3) is 0 Å². The normalized spacial score (nSPS) is 10.9. The van der Waals surface area contributed by atoms with Gasteiger partial charge in [-0.15, -0.1) is 0 Å². The number of carboxylic acid groups (broad SMARTS) is 1. The molecule has 136 valence electrons. The molecule has 0 saturated heterocycles. The van der Waals surface area contributed by atoms with E-state index in [9.17, 15) is 14.4 Å². The SMILES string of the molecule is CCCn1c(=O)n(CCC(=O)NCCOCC(=O)O)c2ccccc21. The second-order valence-corrected chi connectivity index (χ2v) is 5.62. The zero-order valence-corrected chi connectivity index (χ0v) is 14.2. The molecule has 0 aliphatic heterocycles. The predicted octanol–water partition coefficient (Wildman–Crippen LogP) is 0.821. The number of nitrogens with one attached hydrogen (secondary N) is 1. The monoisotopic (exact) mass is 349 g/mol. The van der Waals surface area contributed by atoms with Crippen LogP contribution in [0, 0.1) is 0 Å². The molecule has 0 radical (unpaired) electrons. The third-order valence-corrected chi connectivity index (χ3v) is 3.73. The van der Waals surface area contributed by atoms with Crippen LogP contribution >= 0.6 is 0 Å². The van der Waals surface area contributed by atoms with Gasteiger partial charge in [0, 0.05) is 26.1 Å². The molecule has 25 heavy (non-hydrogen) atoms. The number of aryl methyl sites for hydroxylation is 2. The summed E-state index contributed by atoms with van der Waals surface area (Å²) in [5.74, 6) is -1.26. The molecule has 1 amide bonds. The van der Waals surface area contributed by atoms with Gasteiger partial charge in [-0.05, 0) is 18.6 Å². The maximum Gasteiger partial charge on any atom is 0.329 e. The Morgan fingerprint density at radius 2 is 1.80 bits per heavy atom. The summed E-state index contributed by atoms with van der Waals surface area (Å²) in [7, 11) is 0. The molecular weight excluding hydrogens is 326 g/mol. The zero-order chi connectivity index (χ0) is 18.2. The second-order valence-electron chi connectivity index (χ2n) is 5.62. The molecule has 2 aromatic rings. The first-order valence-electron chi connectivity index (χ1n) is 8.29. The van der Waals surface area contributed by atoms with Crippen LogP contribution in [0.4, 0.5) is 0 Å². The molecule has 8 nitrogen and oxygen atoms in total. The maximum absolute atomic E-state index is 12.6. The van der Waals surface area contributed by atoms with E-state index in [1.807, 2.05) is 31.2 Å². The number of ether oxygens (including phenoxy) is 1. The highest BCUT2D eigenvalue weighted by molar-refractivity contribution is 5.78. The second kappa shape index (κ2) is 9.03. The van der Waals surface area contributed by atoms with Gasteiger partial charge >= 0.3 is 11.7 Å². The molecule has 0 atom stereocenters. The minimum absolute atomic E-state index is 0.111. The molecule has 1 aromatic heterocycles. The van der Waals surface area contributed by atoms with Gasteiger partial charge in [-0.25, -0.2) is 9.59 Å². The highest BCUT2D eigenvalue weighted by Gasteiger charge is 2.13. The molecule has 0 saturated carbocycles. The summed E-state index contributed by atoms with van der Waals surface area (Å²) in [6, 6.07) is 7.54. The third-order valence-electron chi connectivity index (χ3n) is 3.73. The summed E-state index contributed by atoms with van der Waals surface area (Å²) in [6.07, 6.45) is 1.02. The van der Waals surface area contributed by atoms with E-state index in [0.717, 1.165) is 17.5 Å². The average Bonchev–Trinajstić information content (AvgIpc) is 2.85. The Bertz CT molecular complexity index is 793. The molecular formula is C17H23N3O5. The van der Waals surface area contributed by atoms with Gasteiger partial charge in [-0.1, -0.05) is 19.1 Å². The minimum atomic E-state index is -1.05. The number of aliphatic carboxylic acids is 1. The van der Waals surface area contributed by atoms with Gasteiger partial charge in [-0.2, -0.15) is 0 Å². The Labute approximate surface area is 145 Å². The number of fused-ring (bicyclic) bond motifs is 1. The number of amides is 1. The largest absolute Gasteiger partial charge is 0.480 e. The smallest absolute Gasteiger partial charge is 0.329 e. The third kappa shape index (κ3) is 4.93. The zero-order valence-electron chi connectivity index (χ0n) is 14.2. The highest BCUT2D eigenvalue weighted by Crippen LogP contribution is 2.13. The number of rotatable bonds is 10. The summed E-state index contributed by atoms with van der Waals surface area (Å²) >= 11 is 0. The van der Waals surface area contributed by atoms with Crippen molar-refractivity contribution in [2.24, 2.45) is 0 Å². The van der Waals surface area contributed by atoms with Gasteiger partial charge in [0.2, 0.25) is 5.91 Å². The molecule has 2 N–H and O–H groups in total. The molecule has 0 bridgehead atoms. The summed E-state index contributed by atoms with van der Waals surface area (Å²) in [5.41, 5.74) is 1.58. The highest BCUT2D eigenvalue weighted by atomic mass is 16.5. The fraction of sp³-hybridized carbons (Fsp3) is 0.471. The molecule has 8 heteroatoms. The number of carbonyl (C=O) groups excluding carboxylic acids is 1. The molecule has 1 aromatic carbocycles. The first-order chi connectivity index (χ1) is 12.0. The van der Waals surface area contributed by atoms with Gasteiger partial charge in [0.05, 0.1) is 17.6 Å². The first kappa shape index (κ1) is 18.7. The standard InChI is InChI=1S/C17H23N3O5/c1-2-9-19-13-5-3-4-6-14(13)20(17(19)24)10-7-15(21)18-8-11-25-12-16(22)23/h3-6H,2,7-12H2,1H3,(H,18,21)(H,22,23). The molecule has 0 unspecified atom stereocenters. The number of para-hydroxylation sites is 2. The van der Waals surface area contributed by atoms with Crippen molar-refractivity contribution in [2.75, 3.05) is 19.8 Å².